The van der Waals surface area contributed by atoms with Crippen molar-refractivity contribution >= 4 is 34.4 Å². The molecule has 1 aromatic heterocycles. The van der Waals surface area contributed by atoms with Gasteiger partial charge in [-0.25, -0.2) is 0 Å². The summed E-state index contributed by atoms with van der Waals surface area (Å²) < 4.78 is 10.9. The average molecular weight is 364 g/mol. The van der Waals surface area contributed by atoms with Gasteiger partial charge in [-0.1, -0.05) is 0 Å². The molecule has 0 saturated heterocycles. The van der Waals surface area contributed by atoms with Crippen molar-refractivity contribution in [3.63, 3.8) is 0 Å². The predicted molar refractivity (Wildman–Crippen MR) is 98.3 cm³/mol. The Hall–Kier alpha value is -3.61. The molecule has 136 valence electrons. The lowest BCUT2D eigenvalue weighted by Crippen LogP contribution is -2.24. The number of hydrogen-bond donors (Lipinski definition) is 1. The summed E-state index contributed by atoms with van der Waals surface area (Å²) in [4.78, 5) is 37.8. The number of rotatable bonds is 3. The molecule has 27 heavy (non-hydrogen) atoms. The van der Waals surface area contributed by atoms with Crippen LogP contribution in [0.5, 0.6) is 5.75 Å². The fourth-order valence-corrected chi connectivity index (χ4v) is 3.17. The summed E-state index contributed by atoms with van der Waals surface area (Å²) in [5.41, 5.74) is 2.27. The Morgan fingerprint density at radius 3 is 2.56 bits per heavy atom. The molecule has 0 radical (unpaired) electrons. The molecular weight excluding hydrogens is 348 g/mol. The van der Waals surface area contributed by atoms with E-state index in [9.17, 15) is 14.4 Å². The van der Waals surface area contributed by atoms with Crippen molar-refractivity contribution in [3.8, 4) is 5.75 Å². The highest BCUT2D eigenvalue weighted by atomic mass is 16.5. The molecule has 7 heteroatoms. The van der Waals surface area contributed by atoms with E-state index >= 15 is 0 Å². The largest absolute Gasteiger partial charge is 0.497 e. The summed E-state index contributed by atoms with van der Waals surface area (Å²) in [7, 11) is 3.00. The van der Waals surface area contributed by atoms with Gasteiger partial charge in [-0.05, 0) is 43.3 Å². The van der Waals surface area contributed by atoms with E-state index in [1.54, 1.807) is 38.3 Å². The zero-order chi connectivity index (χ0) is 19.3. The van der Waals surface area contributed by atoms with Gasteiger partial charge in [0.1, 0.15) is 11.3 Å². The molecule has 0 spiro atoms. The number of imide groups is 1. The summed E-state index contributed by atoms with van der Waals surface area (Å²) in [5.74, 6) is -0.330. The highest BCUT2D eigenvalue weighted by Gasteiger charge is 2.33. The maximum atomic E-state index is 12.7. The van der Waals surface area contributed by atoms with Crippen LogP contribution in [0.25, 0.3) is 11.0 Å². The molecule has 3 aromatic rings. The number of fused-ring (bicyclic) bond motifs is 2. The molecule has 0 unspecified atom stereocenters. The maximum Gasteiger partial charge on any atom is 0.291 e. The van der Waals surface area contributed by atoms with Crippen molar-refractivity contribution in [1.82, 2.24) is 4.90 Å². The SMILES string of the molecule is COc1ccc2oc(C(=O)Nc3ccc4c(c3)C(=O)N(C)C4=O)c(C)c2c1. The van der Waals surface area contributed by atoms with E-state index in [0.717, 1.165) is 10.3 Å². The first kappa shape index (κ1) is 16.8. The second-order valence-electron chi connectivity index (χ2n) is 6.30. The Bertz CT molecular complexity index is 1130. The van der Waals surface area contributed by atoms with Gasteiger partial charge in [-0.2, -0.15) is 0 Å². The van der Waals surface area contributed by atoms with Crippen LogP contribution in [0.1, 0.15) is 36.8 Å². The number of furan rings is 1. The third-order valence-corrected chi connectivity index (χ3v) is 4.70. The summed E-state index contributed by atoms with van der Waals surface area (Å²) in [6.45, 7) is 1.79. The number of carbonyl (C=O) groups excluding carboxylic acids is 3. The molecule has 1 aliphatic rings. The quantitative estimate of drug-likeness (QED) is 0.721. The van der Waals surface area contributed by atoms with Crippen LogP contribution in [-0.4, -0.2) is 36.8 Å². The summed E-state index contributed by atoms with van der Waals surface area (Å²) in [5, 5.41) is 3.51. The summed E-state index contributed by atoms with van der Waals surface area (Å²) in [6.07, 6.45) is 0. The molecule has 0 saturated carbocycles. The summed E-state index contributed by atoms with van der Waals surface area (Å²) in [6, 6.07) is 9.92. The third-order valence-electron chi connectivity index (χ3n) is 4.70. The Morgan fingerprint density at radius 1 is 1.07 bits per heavy atom. The minimum atomic E-state index is -0.437. The van der Waals surface area contributed by atoms with Crippen molar-refractivity contribution < 1.29 is 23.5 Å². The van der Waals surface area contributed by atoms with Gasteiger partial charge in [0.15, 0.2) is 5.76 Å². The molecule has 3 amide bonds. The smallest absolute Gasteiger partial charge is 0.291 e. The number of hydrogen-bond acceptors (Lipinski definition) is 5. The lowest BCUT2D eigenvalue weighted by molar-refractivity contribution is 0.0692. The first-order chi connectivity index (χ1) is 12.9. The number of carbonyl (C=O) groups is 3. The molecule has 4 rings (SSSR count). The van der Waals surface area contributed by atoms with Crippen molar-refractivity contribution in [2.24, 2.45) is 0 Å². The highest BCUT2D eigenvalue weighted by Crippen LogP contribution is 2.30. The van der Waals surface area contributed by atoms with Crippen molar-refractivity contribution in [1.29, 1.82) is 0 Å². The number of nitrogens with one attached hydrogen (secondary N) is 1. The fraction of sp³-hybridized carbons (Fsp3) is 0.150. The molecule has 2 aromatic carbocycles. The number of aryl methyl sites for hydroxylation is 1. The zero-order valence-electron chi connectivity index (χ0n) is 15.0. The monoisotopic (exact) mass is 364 g/mol. The molecule has 1 N–H and O–H groups in total. The Balaban J connectivity index is 1.66. The van der Waals surface area contributed by atoms with Crippen LogP contribution in [-0.2, 0) is 0 Å². The number of methoxy groups -OCH3 is 1. The fourth-order valence-electron chi connectivity index (χ4n) is 3.17. The number of ether oxygens (including phenoxy) is 1. The molecular formula is C20H16N2O5. The van der Waals surface area contributed by atoms with Crippen LogP contribution in [0.2, 0.25) is 0 Å². The molecule has 0 bridgehead atoms. The number of anilines is 1. The van der Waals surface area contributed by atoms with Gasteiger partial charge in [-0.15, -0.1) is 0 Å². The molecule has 2 heterocycles. The van der Waals surface area contributed by atoms with Crippen LogP contribution in [0, 0.1) is 6.92 Å². The van der Waals surface area contributed by atoms with Gasteiger partial charge in [0, 0.05) is 23.7 Å². The van der Waals surface area contributed by atoms with E-state index < -0.39 is 11.8 Å². The van der Waals surface area contributed by atoms with E-state index in [0.29, 0.717) is 28.1 Å². The van der Waals surface area contributed by atoms with Gasteiger partial charge < -0.3 is 14.5 Å². The average Bonchev–Trinajstić information content (AvgIpc) is 3.11. The first-order valence-corrected chi connectivity index (χ1v) is 8.25. The molecule has 0 aliphatic carbocycles. The van der Waals surface area contributed by atoms with Gasteiger partial charge in [0.25, 0.3) is 17.7 Å². The highest BCUT2D eigenvalue weighted by molar-refractivity contribution is 6.21. The van der Waals surface area contributed by atoms with Crippen molar-refractivity contribution in [2.75, 3.05) is 19.5 Å². The molecule has 0 atom stereocenters. The van der Waals surface area contributed by atoms with Crippen LogP contribution in [0.4, 0.5) is 5.69 Å². The lowest BCUT2D eigenvalue weighted by Gasteiger charge is -2.05. The Kier molecular flexibility index (Phi) is 3.73. The maximum absolute atomic E-state index is 12.7. The summed E-state index contributed by atoms with van der Waals surface area (Å²) >= 11 is 0. The van der Waals surface area contributed by atoms with Gasteiger partial charge >= 0.3 is 0 Å². The second kappa shape index (κ2) is 5.98. The minimum absolute atomic E-state index is 0.179. The van der Waals surface area contributed by atoms with Crippen LogP contribution in [0.15, 0.2) is 40.8 Å². The lowest BCUT2D eigenvalue weighted by atomic mass is 10.1. The normalized spacial score (nSPS) is 13.2. The van der Waals surface area contributed by atoms with Crippen LogP contribution in [0.3, 0.4) is 0 Å². The van der Waals surface area contributed by atoms with Crippen molar-refractivity contribution in [2.45, 2.75) is 6.92 Å². The molecule has 7 nitrogen and oxygen atoms in total. The van der Waals surface area contributed by atoms with Gasteiger partial charge in [-0.3, -0.25) is 19.3 Å². The Labute approximate surface area is 154 Å². The van der Waals surface area contributed by atoms with E-state index in [4.69, 9.17) is 9.15 Å². The number of nitrogens with zero attached hydrogens (tertiary/aromatic N) is 1. The second-order valence-corrected chi connectivity index (χ2v) is 6.30. The van der Waals surface area contributed by atoms with Crippen LogP contribution < -0.4 is 10.1 Å². The third kappa shape index (κ3) is 2.55. The molecule has 0 fully saturated rings. The number of benzene rings is 2. The standard InChI is InChI=1S/C20H16N2O5/c1-10-14-9-12(26-3)5-7-16(14)27-17(10)18(23)21-11-4-6-13-15(8-11)20(25)22(2)19(13)24/h4-9H,1-3H3,(H,21,23). The zero-order valence-corrected chi connectivity index (χ0v) is 15.0. The topological polar surface area (TPSA) is 88.8 Å². The van der Waals surface area contributed by atoms with Crippen molar-refractivity contribution in [3.05, 3.63) is 58.8 Å². The van der Waals surface area contributed by atoms with E-state index in [-0.39, 0.29) is 17.2 Å². The Morgan fingerprint density at radius 2 is 1.81 bits per heavy atom. The predicted octanol–water partition coefficient (Wildman–Crippen LogP) is 3.23. The van der Waals surface area contributed by atoms with Crippen LogP contribution >= 0.6 is 0 Å². The number of amides is 3. The van der Waals surface area contributed by atoms with E-state index in [1.807, 2.05) is 0 Å². The van der Waals surface area contributed by atoms with Gasteiger partial charge in [0.2, 0.25) is 0 Å². The van der Waals surface area contributed by atoms with E-state index in [2.05, 4.69) is 5.32 Å². The minimum Gasteiger partial charge on any atom is -0.497 e. The first-order valence-electron chi connectivity index (χ1n) is 8.25. The van der Waals surface area contributed by atoms with Gasteiger partial charge in [0.05, 0.1) is 18.2 Å². The van der Waals surface area contributed by atoms with E-state index in [1.165, 1.54) is 19.2 Å². The molecule has 1 aliphatic heterocycles.